The van der Waals surface area contributed by atoms with Gasteiger partial charge in [0.05, 0.1) is 19.9 Å². The third-order valence-electron chi connectivity index (χ3n) is 3.22. The molecule has 22 heavy (non-hydrogen) atoms. The van der Waals surface area contributed by atoms with Crippen molar-refractivity contribution < 1.29 is 14.3 Å². The van der Waals surface area contributed by atoms with Crippen LogP contribution in [0.3, 0.4) is 0 Å². The van der Waals surface area contributed by atoms with Gasteiger partial charge in [-0.05, 0) is 18.2 Å². The fourth-order valence-corrected chi connectivity index (χ4v) is 2.52. The van der Waals surface area contributed by atoms with Gasteiger partial charge < -0.3 is 20.5 Å². The number of hydrogen-bond acceptors (Lipinski definition) is 6. The number of nitrogens with zero attached hydrogens (tertiary/aromatic N) is 1. The first kappa shape index (κ1) is 16.3. The highest BCUT2D eigenvalue weighted by Gasteiger charge is 2.15. The third kappa shape index (κ3) is 3.55. The summed E-state index contributed by atoms with van der Waals surface area (Å²) in [6.07, 6.45) is 0. The van der Waals surface area contributed by atoms with E-state index < -0.39 is 0 Å². The Morgan fingerprint density at radius 3 is 2.82 bits per heavy atom. The van der Waals surface area contributed by atoms with Gasteiger partial charge >= 0.3 is 0 Å². The van der Waals surface area contributed by atoms with E-state index in [-0.39, 0.29) is 11.8 Å². The molecule has 0 aliphatic heterocycles. The summed E-state index contributed by atoms with van der Waals surface area (Å²) < 4.78 is 10.6. The van der Waals surface area contributed by atoms with Crippen LogP contribution < -0.4 is 20.5 Å². The van der Waals surface area contributed by atoms with Crippen molar-refractivity contribution >= 4 is 22.4 Å². The van der Waals surface area contributed by atoms with Gasteiger partial charge in [-0.25, -0.2) is 4.98 Å². The second kappa shape index (κ2) is 7.24. The number of rotatable bonds is 6. The normalized spacial score (nSPS) is 11.8. The summed E-state index contributed by atoms with van der Waals surface area (Å²) in [4.78, 5) is 16.3. The number of nitrogens with two attached hydrogens (primary N) is 1. The van der Waals surface area contributed by atoms with Crippen LogP contribution in [0.25, 0.3) is 11.3 Å². The van der Waals surface area contributed by atoms with Crippen LogP contribution in [0.15, 0.2) is 23.6 Å². The van der Waals surface area contributed by atoms with Crippen LogP contribution in [0.5, 0.6) is 11.5 Å². The fourth-order valence-electron chi connectivity index (χ4n) is 1.80. The summed E-state index contributed by atoms with van der Waals surface area (Å²) >= 11 is 1.35. The van der Waals surface area contributed by atoms with Crippen LogP contribution in [0.4, 0.5) is 5.13 Å². The first-order valence-corrected chi connectivity index (χ1v) is 7.65. The Morgan fingerprint density at radius 2 is 2.18 bits per heavy atom. The Hall–Kier alpha value is -2.12. The van der Waals surface area contributed by atoms with Crippen molar-refractivity contribution in [3.8, 4) is 22.8 Å². The molecule has 0 fully saturated rings. The Balaban J connectivity index is 2.26. The average Bonchev–Trinajstić information content (AvgIpc) is 3.01. The average molecular weight is 321 g/mol. The molecule has 0 saturated carbocycles. The van der Waals surface area contributed by atoms with E-state index in [1.165, 1.54) is 11.3 Å². The van der Waals surface area contributed by atoms with Gasteiger partial charge in [0.25, 0.3) is 0 Å². The molecule has 7 heteroatoms. The predicted octanol–water partition coefficient (Wildman–Crippen LogP) is 2.36. The van der Waals surface area contributed by atoms with Gasteiger partial charge in [-0.3, -0.25) is 4.79 Å². The first-order chi connectivity index (χ1) is 10.6. The fraction of sp³-hybridized carbons (Fsp3) is 0.333. The molecular weight excluding hydrogens is 302 g/mol. The summed E-state index contributed by atoms with van der Waals surface area (Å²) in [5.41, 5.74) is 7.01. The van der Waals surface area contributed by atoms with Crippen molar-refractivity contribution in [3.63, 3.8) is 0 Å². The second-order valence-electron chi connectivity index (χ2n) is 4.73. The molecule has 0 aliphatic carbocycles. The quantitative estimate of drug-likeness (QED) is 0.853. The number of thiazole rings is 1. The molecule has 1 heterocycles. The largest absolute Gasteiger partial charge is 0.497 e. The van der Waals surface area contributed by atoms with Crippen LogP contribution in [0, 0.1) is 5.92 Å². The molecule has 2 aromatic rings. The second-order valence-corrected chi connectivity index (χ2v) is 5.59. The van der Waals surface area contributed by atoms with E-state index in [0.717, 1.165) is 11.3 Å². The number of nitrogens with one attached hydrogen (secondary N) is 1. The molecule has 1 amide bonds. The summed E-state index contributed by atoms with van der Waals surface area (Å²) in [7, 11) is 3.20. The molecule has 0 spiro atoms. The molecule has 0 bridgehead atoms. The van der Waals surface area contributed by atoms with Gasteiger partial charge in [0.15, 0.2) is 5.13 Å². The minimum Gasteiger partial charge on any atom is -0.497 e. The molecular formula is C15H19N3O3S. The highest BCUT2D eigenvalue weighted by molar-refractivity contribution is 7.14. The van der Waals surface area contributed by atoms with Crippen molar-refractivity contribution in [2.24, 2.45) is 11.7 Å². The van der Waals surface area contributed by atoms with Gasteiger partial charge in [0.1, 0.15) is 11.5 Å². The number of hydrogen-bond donors (Lipinski definition) is 2. The molecule has 0 saturated heterocycles. The van der Waals surface area contributed by atoms with E-state index in [4.69, 9.17) is 15.2 Å². The molecule has 1 atom stereocenters. The number of ether oxygens (including phenoxy) is 2. The maximum Gasteiger partial charge on any atom is 0.230 e. The zero-order chi connectivity index (χ0) is 16.1. The lowest BCUT2D eigenvalue weighted by Crippen LogP contribution is -2.26. The van der Waals surface area contributed by atoms with Gasteiger partial charge in [-0.1, -0.05) is 6.92 Å². The lowest BCUT2D eigenvalue weighted by atomic mass is 10.1. The number of aromatic nitrogens is 1. The zero-order valence-corrected chi connectivity index (χ0v) is 13.6. The lowest BCUT2D eigenvalue weighted by Gasteiger charge is -2.09. The summed E-state index contributed by atoms with van der Waals surface area (Å²) in [5, 5.41) is 5.16. The monoisotopic (exact) mass is 321 g/mol. The molecule has 1 aromatic heterocycles. The van der Waals surface area contributed by atoms with Crippen molar-refractivity contribution in [3.05, 3.63) is 23.6 Å². The standard InChI is InChI=1S/C15H19N3O3S/c1-9(7-16)14(19)18-15-17-12(8-22-15)11-6-10(20-2)4-5-13(11)21-3/h4-6,8-9H,7,16H2,1-3H3,(H,17,18,19). The third-order valence-corrected chi connectivity index (χ3v) is 3.98. The highest BCUT2D eigenvalue weighted by atomic mass is 32.1. The molecule has 1 unspecified atom stereocenters. The van der Waals surface area contributed by atoms with Crippen LogP contribution in [0.1, 0.15) is 6.92 Å². The van der Waals surface area contributed by atoms with Crippen LogP contribution in [-0.2, 0) is 4.79 Å². The molecule has 0 radical (unpaired) electrons. The number of benzene rings is 1. The summed E-state index contributed by atoms with van der Waals surface area (Å²) in [6, 6.07) is 5.49. The SMILES string of the molecule is COc1ccc(OC)c(-c2csc(NC(=O)C(C)CN)n2)c1. The molecule has 3 N–H and O–H groups in total. The Labute approximate surface area is 133 Å². The summed E-state index contributed by atoms with van der Waals surface area (Å²) in [6.45, 7) is 2.07. The summed E-state index contributed by atoms with van der Waals surface area (Å²) in [5.74, 6) is 1.02. The highest BCUT2D eigenvalue weighted by Crippen LogP contribution is 2.35. The van der Waals surface area contributed by atoms with Crippen molar-refractivity contribution in [1.29, 1.82) is 0 Å². The first-order valence-electron chi connectivity index (χ1n) is 6.78. The molecule has 118 valence electrons. The predicted molar refractivity (Wildman–Crippen MR) is 87.5 cm³/mol. The Kier molecular flexibility index (Phi) is 5.35. The Bertz CT molecular complexity index is 657. The van der Waals surface area contributed by atoms with Crippen molar-refractivity contribution in [2.75, 3.05) is 26.1 Å². The number of amides is 1. The van der Waals surface area contributed by atoms with Crippen LogP contribution in [0.2, 0.25) is 0 Å². The van der Waals surface area contributed by atoms with Gasteiger partial charge in [0, 0.05) is 23.4 Å². The zero-order valence-electron chi connectivity index (χ0n) is 12.8. The maximum absolute atomic E-state index is 11.8. The molecule has 2 rings (SSSR count). The Morgan fingerprint density at radius 1 is 1.41 bits per heavy atom. The van der Waals surface area contributed by atoms with E-state index in [2.05, 4.69) is 10.3 Å². The number of methoxy groups -OCH3 is 2. The molecule has 0 aliphatic rings. The van der Waals surface area contributed by atoms with Gasteiger partial charge in [-0.15, -0.1) is 11.3 Å². The van der Waals surface area contributed by atoms with Crippen molar-refractivity contribution in [2.45, 2.75) is 6.92 Å². The van der Waals surface area contributed by atoms with E-state index >= 15 is 0 Å². The van der Waals surface area contributed by atoms with E-state index in [1.807, 2.05) is 23.6 Å². The number of anilines is 1. The van der Waals surface area contributed by atoms with E-state index in [0.29, 0.717) is 23.2 Å². The molecule has 6 nitrogen and oxygen atoms in total. The van der Waals surface area contributed by atoms with E-state index in [1.54, 1.807) is 21.1 Å². The topological polar surface area (TPSA) is 86.5 Å². The minimum atomic E-state index is -0.251. The molecule has 1 aromatic carbocycles. The number of carbonyl (C=O) groups is 1. The lowest BCUT2D eigenvalue weighted by molar-refractivity contribution is -0.119. The van der Waals surface area contributed by atoms with E-state index in [9.17, 15) is 4.79 Å². The smallest absolute Gasteiger partial charge is 0.230 e. The minimum absolute atomic E-state index is 0.138. The van der Waals surface area contributed by atoms with Crippen LogP contribution in [-0.4, -0.2) is 31.7 Å². The maximum atomic E-state index is 11.8. The van der Waals surface area contributed by atoms with Crippen LogP contribution >= 0.6 is 11.3 Å². The van der Waals surface area contributed by atoms with Crippen molar-refractivity contribution in [1.82, 2.24) is 4.98 Å². The number of carbonyl (C=O) groups excluding carboxylic acids is 1. The van der Waals surface area contributed by atoms with Gasteiger partial charge in [0.2, 0.25) is 5.91 Å². The van der Waals surface area contributed by atoms with Gasteiger partial charge in [-0.2, -0.15) is 0 Å².